The predicted molar refractivity (Wildman–Crippen MR) is 136 cm³/mol. The second-order valence-electron chi connectivity index (χ2n) is 9.77. The third-order valence-electron chi connectivity index (χ3n) is 6.96. The second-order valence-corrected chi connectivity index (χ2v) is 9.77. The Morgan fingerprint density at radius 2 is 0.933 bits per heavy atom. The first-order chi connectivity index (χ1) is 14.1. The number of benzene rings is 1. The molecule has 2 nitrogen and oxygen atoms in total. The molecule has 0 spiro atoms. The predicted octanol–water partition coefficient (Wildman–Crippen LogP) is 9.12. The first-order valence-corrected chi connectivity index (χ1v) is 13.0. The van der Waals surface area contributed by atoms with Gasteiger partial charge in [-0.3, -0.25) is 4.48 Å². The number of unbranched alkanes of at least 4 members (excludes halogenated alkanes) is 13. The molecule has 0 saturated carbocycles. The third-order valence-corrected chi connectivity index (χ3v) is 6.96. The summed E-state index contributed by atoms with van der Waals surface area (Å²) >= 11 is 0. The lowest BCUT2D eigenvalue weighted by Gasteiger charge is -2.45. The Kier molecular flexibility index (Phi) is 17.3. The molecule has 1 N–H and O–H groups in total. The molecule has 1 aromatic rings. The zero-order valence-corrected chi connectivity index (χ0v) is 21.0. The zero-order valence-electron chi connectivity index (χ0n) is 21.0. The van der Waals surface area contributed by atoms with E-state index in [0.717, 1.165) is 4.48 Å². The fourth-order valence-electron chi connectivity index (χ4n) is 5.11. The molecule has 1 rings (SSSR count). The van der Waals surface area contributed by atoms with E-state index in [9.17, 15) is 0 Å². The molecule has 0 saturated heterocycles. The third kappa shape index (κ3) is 10.4. The van der Waals surface area contributed by atoms with Gasteiger partial charge in [0.15, 0.2) is 0 Å². The summed E-state index contributed by atoms with van der Waals surface area (Å²) in [6.45, 7) is 13.2. The van der Waals surface area contributed by atoms with Crippen molar-refractivity contribution in [3.63, 3.8) is 0 Å². The molecule has 0 radical (unpaired) electrons. The molecular weight excluding hydrogens is 366 g/mol. The summed E-state index contributed by atoms with van der Waals surface area (Å²) in [6, 6.07) is 12.5. The molecule has 0 aliphatic carbocycles. The number of hydrogen-bond acceptors (Lipinski definition) is 1. The Morgan fingerprint density at radius 1 is 0.567 bits per heavy atom. The van der Waals surface area contributed by atoms with Crippen LogP contribution >= 0.6 is 0 Å². The molecule has 0 aliphatic heterocycles. The summed E-state index contributed by atoms with van der Waals surface area (Å²) in [5.74, 6) is 0. The van der Waals surface area contributed by atoms with Crippen LogP contribution in [0.4, 0.5) is 5.69 Å². The molecule has 2 heteroatoms. The molecule has 0 amide bonds. The minimum absolute atomic E-state index is 0. The van der Waals surface area contributed by atoms with Gasteiger partial charge in [0.1, 0.15) is 5.69 Å². The Hall–Kier alpha value is -0.860. The van der Waals surface area contributed by atoms with Crippen LogP contribution in [0.15, 0.2) is 30.3 Å². The summed E-state index contributed by atoms with van der Waals surface area (Å²) in [6.07, 6.45) is 20.1. The lowest BCUT2D eigenvalue weighted by Crippen LogP contribution is -2.59. The number of nitrogens with zero attached hydrogens (tertiary/aromatic N) is 1. The smallest absolute Gasteiger partial charge is 0.133 e. The number of rotatable bonds is 18. The van der Waals surface area contributed by atoms with Gasteiger partial charge >= 0.3 is 0 Å². The summed E-state index contributed by atoms with van der Waals surface area (Å²) in [5, 5.41) is 0. The second kappa shape index (κ2) is 17.8. The maximum Gasteiger partial charge on any atom is 0.133 e. The van der Waals surface area contributed by atoms with Gasteiger partial charge in [-0.2, -0.15) is 0 Å². The Bertz CT molecular complexity index is 475. The Labute approximate surface area is 189 Å². The molecule has 0 atom stereocenters. The van der Waals surface area contributed by atoms with Gasteiger partial charge in [0.05, 0.1) is 18.6 Å². The Balaban J connectivity index is 0.00000841. The molecule has 0 unspecified atom stereocenters. The lowest BCUT2D eigenvalue weighted by atomic mass is 10.0. The molecule has 1 aromatic carbocycles. The topological polar surface area (TPSA) is 30.0 Å². The van der Waals surface area contributed by atoms with Crippen molar-refractivity contribution in [2.45, 2.75) is 137 Å². The monoisotopic (exact) mass is 419 g/mol. The van der Waals surface area contributed by atoms with Crippen LogP contribution in [0, 0.1) is 0 Å². The molecule has 0 heterocycles. The van der Waals surface area contributed by atoms with E-state index in [-0.39, 0.29) is 5.48 Å². The summed E-state index contributed by atoms with van der Waals surface area (Å²) in [5.41, 5.74) is 1.49. The highest BCUT2D eigenvalue weighted by Crippen LogP contribution is 2.31. The molecule has 176 valence electrons. The number of para-hydroxylation sites is 1. The van der Waals surface area contributed by atoms with Crippen LogP contribution < -0.4 is 4.48 Å². The van der Waals surface area contributed by atoms with Gasteiger partial charge in [0, 0.05) is 0 Å². The first-order valence-electron chi connectivity index (χ1n) is 13.0. The van der Waals surface area contributed by atoms with E-state index in [0.29, 0.717) is 12.1 Å². The van der Waals surface area contributed by atoms with Crippen molar-refractivity contribution in [2.75, 3.05) is 6.54 Å². The van der Waals surface area contributed by atoms with Gasteiger partial charge in [0.25, 0.3) is 0 Å². The van der Waals surface area contributed by atoms with Crippen molar-refractivity contribution in [1.82, 2.24) is 4.48 Å². The summed E-state index contributed by atoms with van der Waals surface area (Å²) in [4.78, 5) is 0. The molecule has 0 fully saturated rings. The standard InChI is InChI=1S/C28H52N.H2O/c1-6-7-8-9-10-11-12-13-14-15-16-17-18-22-25-29(26(2)3,27(4)5)28-23-20-19-21-24-28;/h19-21,23-24,26-27H,6-18,22,25H2,1-5H3;1H2/q+1;/p-1. The minimum atomic E-state index is 0. The molecule has 0 bridgehead atoms. The highest BCUT2D eigenvalue weighted by atomic mass is 16.0. The van der Waals surface area contributed by atoms with E-state index in [4.69, 9.17) is 0 Å². The van der Waals surface area contributed by atoms with Crippen molar-refractivity contribution in [1.29, 1.82) is 0 Å². The zero-order chi connectivity index (χ0) is 21.4. The fourth-order valence-corrected chi connectivity index (χ4v) is 5.11. The van der Waals surface area contributed by atoms with Crippen LogP contribution in [0.5, 0.6) is 0 Å². The van der Waals surface area contributed by atoms with Crippen molar-refractivity contribution < 1.29 is 5.48 Å². The summed E-state index contributed by atoms with van der Waals surface area (Å²) < 4.78 is 1.12. The van der Waals surface area contributed by atoms with Crippen LogP contribution in [-0.2, 0) is 0 Å². The first kappa shape index (κ1) is 29.1. The Morgan fingerprint density at radius 3 is 1.30 bits per heavy atom. The van der Waals surface area contributed by atoms with Crippen LogP contribution in [0.3, 0.4) is 0 Å². The SMILES string of the molecule is CCCCCCCCCCCCCCCC[N+](c1ccccc1)(C(C)C)C(C)C.[OH-]. The largest absolute Gasteiger partial charge is 0.870 e. The van der Waals surface area contributed by atoms with Gasteiger partial charge in [-0.15, -0.1) is 0 Å². The van der Waals surface area contributed by atoms with Crippen molar-refractivity contribution in [2.24, 2.45) is 0 Å². The van der Waals surface area contributed by atoms with E-state index < -0.39 is 0 Å². The van der Waals surface area contributed by atoms with Crippen LogP contribution in [-0.4, -0.2) is 24.1 Å². The maximum absolute atomic E-state index is 2.40. The lowest BCUT2D eigenvalue weighted by molar-refractivity contribution is 0.173. The van der Waals surface area contributed by atoms with Crippen LogP contribution in [0.1, 0.15) is 125 Å². The van der Waals surface area contributed by atoms with Crippen LogP contribution in [0.2, 0.25) is 0 Å². The van der Waals surface area contributed by atoms with Crippen molar-refractivity contribution >= 4 is 5.69 Å². The highest BCUT2D eigenvalue weighted by molar-refractivity contribution is 5.44. The average molecular weight is 420 g/mol. The van der Waals surface area contributed by atoms with Gasteiger partial charge in [-0.05, 0) is 52.7 Å². The van der Waals surface area contributed by atoms with E-state index in [2.05, 4.69) is 65.0 Å². The quantitative estimate of drug-likeness (QED) is 0.172. The van der Waals surface area contributed by atoms with E-state index in [1.165, 1.54) is 102 Å². The fraction of sp³-hybridized carbons (Fsp3) is 0.786. The minimum Gasteiger partial charge on any atom is -0.870 e. The van der Waals surface area contributed by atoms with Gasteiger partial charge < -0.3 is 5.48 Å². The van der Waals surface area contributed by atoms with Gasteiger partial charge in [-0.1, -0.05) is 102 Å². The average Bonchev–Trinajstić information content (AvgIpc) is 2.71. The molecule has 0 aliphatic rings. The van der Waals surface area contributed by atoms with E-state index in [1.807, 2.05) is 0 Å². The van der Waals surface area contributed by atoms with E-state index in [1.54, 1.807) is 0 Å². The van der Waals surface area contributed by atoms with Crippen LogP contribution in [0.25, 0.3) is 0 Å². The maximum atomic E-state index is 2.40. The molecule has 0 aromatic heterocycles. The molecular formula is C28H53NO. The normalized spacial score (nSPS) is 11.8. The number of quaternary nitrogens is 1. The number of hydrogen-bond donors (Lipinski definition) is 0. The van der Waals surface area contributed by atoms with Crippen molar-refractivity contribution in [3.8, 4) is 0 Å². The summed E-state index contributed by atoms with van der Waals surface area (Å²) in [7, 11) is 0. The van der Waals surface area contributed by atoms with Gasteiger partial charge in [-0.25, -0.2) is 0 Å². The molecule has 30 heavy (non-hydrogen) atoms. The van der Waals surface area contributed by atoms with Gasteiger partial charge in [0.2, 0.25) is 0 Å². The van der Waals surface area contributed by atoms with Crippen molar-refractivity contribution in [3.05, 3.63) is 30.3 Å². The van der Waals surface area contributed by atoms with E-state index >= 15 is 0 Å². The highest BCUT2D eigenvalue weighted by Gasteiger charge is 2.36.